The smallest absolute Gasteiger partial charge is 0.381 e. The van der Waals surface area contributed by atoms with Gasteiger partial charge in [0.2, 0.25) is 0 Å². The van der Waals surface area contributed by atoms with E-state index in [4.69, 9.17) is 4.74 Å². The SMILES string of the molecule is Fc1c(F)c(F)c([B-](c2c(F)c(F)c(F)c(F)c2F)(c2c(F)c(F)c(F)c(F)c2F)c2c(F)c(F)c(F)c(F)c2F)c(F)c1F.Oc1ccc(Oc2c3ccccc3cc[n+]2Cc2ccccc2)cc1. The summed E-state index contributed by atoms with van der Waals surface area (Å²) >= 11 is 0. The van der Waals surface area contributed by atoms with Crippen molar-refractivity contribution in [1.82, 2.24) is 0 Å². The van der Waals surface area contributed by atoms with Crippen LogP contribution in [0.25, 0.3) is 10.8 Å². The number of hydrogen-bond donors (Lipinski definition) is 1. The van der Waals surface area contributed by atoms with Crippen LogP contribution in [0.15, 0.2) is 91.1 Å². The molecule has 0 bridgehead atoms. The van der Waals surface area contributed by atoms with Crippen LogP contribution < -0.4 is 31.2 Å². The van der Waals surface area contributed by atoms with Crippen molar-refractivity contribution in [3.63, 3.8) is 0 Å². The summed E-state index contributed by atoms with van der Waals surface area (Å²) in [4.78, 5) is 0. The van der Waals surface area contributed by atoms with Crippen molar-refractivity contribution < 1.29 is 102 Å². The molecule has 8 aromatic rings. The number of ether oxygens (including phenoxy) is 1. The first-order valence-corrected chi connectivity index (χ1v) is 19.1. The molecule has 0 spiro atoms. The number of halogens is 20. The van der Waals surface area contributed by atoms with Gasteiger partial charge in [0.25, 0.3) is 0 Å². The van der Waals surface area contributed by atoms with E-state index in [2.05, 4.69) is 34.9 Å². The van der Waals surface area contributed by atoms with Crippen LogP contribution in [-0.2, 0) is 6.54 Å². The van der Waals surface area contributed by atoms with Crippen LogP contribution in [0.2, 0.25) is 0 Å². The molecule has 0 unspecified atom stereocenters. The third-order valence-electron chi connectivity index (χ3n) is 10.8. The van der Waals surface area contributed by atoms with Crippen LogP contribution >= 0.6 is 0 Å². The van der Waals surface area contributed by atoms with Gasteiger partial charge in [0.15, 0.2) is 82.5 Å². The third-order valence-corrected chi connectivity index (χ3v) is 10.8. The van der Waals surface area contributed by atoms with Crippen molar-refractivity contribution in [2.24, 2.45) is 0 Å². The molecule has 1 heterocycles. The van der Waals surface area contributed by atoms with Crippen LogP contribution in [0.5, 0.6) is 17.4 Å². The molecule has 3 nitrogen and oxygen atoms in total. The Hall–Kier alpha value is -7.79. The second-order valence-electron chi connectivity index (χ2n) is 14.7. The van der Waals surface area contributed by atoms with Gasteiger partial charge >= 0.3 is 5.88 Å². The van der Waals surface area contributed by atoms with Gasteiger partial charge in [-0.05, 0) is 35.7 Å². The van der Waals surface area contributed by atoms with Gasteiger partial charge in [-0.25, -0.2) is 87.8 Å². The summed E-state index contributed by atoms with van der Waals surface area (Å²) in [5, 5.41) is 11.7. The fraction of sp³-hybridized carbons (Fsp3) is 0.0217. The molecule has 0 saturated carbocycles. The largest absolute Gasteiger partial charge is 0.508 e. The zero-order valence-corrected chi connectivity index (χ0v) is 33.8. The molecule has 0 aliphatic heterocycles. The zero-order chi connectivity index (χ0) is 51.4. The first-order valence-electron chi connectivity index (χ1n) is 19.1. The highest BCUT2D eigenvalue weighted by Crippen LogP contribution is 2.32. The summed E-state index contributed by atoms with van der Waals surface area (Å²) < 4.78 is 302. The van der Waals surface area contributed by atoms with E-state index in [-0.39, 0.29) is 5.75 Å². The van der Waals surface area contributed by atoms with Crippen LogP contribution in [0.3, 0.4) is 0 Å². The maximum atomic E-state index is 15.4. The van der Waals surface area contributed by atoms with Crippen molar-refractivity contribution in [1.29, 1.82) is 0 Å². The number of fused-ring (bicyclic) bond motifs is 1. The van der Waals surface area contributed by atoms with E-state index >= 15 is 35.1 Å². The molecule has 0 aliphatic rings. The van der Waals surface area contributed by atoms with Gasteiger partial charge in [-0.1, -0.05) is 48.5 Å². The van der Waals surface area contributed by atoms with Crippen LogP contribution in [0.1, 0.15) is 5.56 Å². The molecule has 0 radical (unpaired) electrons. The molecular formula is C46H18BF20NO2. The van der Waals surface area contributed by atoms with Crippen LogP contribution in [0.4, 0.5) is 87.8 Å². The second kappa shape index (κ2) is 19.0. The fourth-order valence-electron chi connectivity index (χ4n) is 7.75. The minimum Gasteiger partial charge on any atom is -0.508 e. The number of aromatic hydroxyl groups is 1. The Labute approximate surface area is 377 Å². The minimum absolute atomic E-state index is 0.224. The maximum Gasteiger partial charge on any atom is 0.381 e. The summed E-state index contributed by atoms with van der Waals surface area (Å²) in [6.45, 7) is 0.721. The minimum atomic E-state index is -7.22. The van der Waals surface area contributed by atoms with Crippen molar-refractivity contribution in [2.45, 2.75) is 6.54 Å². The first kappa shape index (κ1) is 50.1. The molecule has 7 aromatic carbocycles. The molecule has 0 amide bonds. The lowest BCUT2D eigenvalue weighted by Crippen LogP contribution is -2.81. The van der Waals surface area contributed by atoms with E-state index in [9.17, 15) is 57.8 Å². The van der Waals surface area contributed by atoms with Gasteiger partial charge in [0.05, 0.1) is 5.39 Å². The second-order valence-corrected chi connectivity index (χ2v) is 14.7. The Bertz CT molecular complexity index is 3010. The number of hydrogen-bond acceptors (Lipinski definition) is 2. The highest BCUT2D eigenvalue weighted by Gasteiger charge is 2.52. The number of phenols is 1. The Balaban J connectivity index is 0.000000242. The summed E-state index contributed by atoms with van der Waals surface area (Å²) in [5.41, 5.74) is -13.1. The number of phenolic OH excluding ortho intramolecular Hbond substituents is 1. The predicted molar refractivity (Wildman–Crippen MR) is 207 cm³/mol. The van der Waals surface area contributed by atoms with Gasteiger partial charge < -0.3 is 9.84 Å². The lowest BCUT2D eigenvalue weighted by molar-refractivity contribution is -0.691. The number of rotatable bonds is 8. The number of benzene rings is 7. The molecule has 24 heteroatoms. The molecule has 0 fully saturated rings. The lowest BCUT2D eigenvalue weighted by Gasteiger charge is -2.44. The predicted octanol–water partition coefficient (Wildman–Crippen LogP) is 10.5. The Morgan fingerprint density at radius 3 is 1.03 bits per heavy atom. The highest BCUT2D eigenvalue weighted by molar-refractivity contribution is 7.20. The van der Waals surface area contributed by atoms with Crippen molar-refractivity contribution >= 4 is 38.8 Å². The number of pyridine rings is 1. The molecule has 8 rings (SSSR count). The topological polar surface area (TPSA) is 33.3 Å². The van der Waals surface area contributed by atoms with Gasteiger partial charge in [-0.15, -0.1) is 21.9 Å². The maximum absolute atomic E-state index is 15.4. The quantitative estimate of drug-likeness (QED) is 0.0541. The van der Waals surface area contributed by atoms with Crippen molar-refractivity contribution in [3.05, 3.63) is 213 Å². The normalized spacial score (nSPS) is 11.5. The summed E-state index contributed by atoms with van der Waals surface area (Å²) in [6, 6.07) is 27.4. The summed E-state index contributed by atoms with van der Waals surface area (Å²) in [6.07, 6.45) is -5.17. The van der Waals surface area contributed by atoms with E-state index in [1.807, 2.05) is 36.5 Å². The lowest BCUT2D eigenvalue weighted by atomic mass is 9.12. The molecule has 0 atom stereocenters. The van der Waals surface area contributed by atoms with Gasteiger partial charge in [-0.2, -0.15) is 4.57 Å². The van der Waals surface area contributed by atoms with E-state index in [1.165, 1.54) is 5.56 Å². The fourth-order valence-corrected chi connectivity index (χ4v) is 7.75. The summed E-state index contributed by atoms with van der Waals surface area (Å²) in [5.74, 6) is -69.7. The monoisotopic (exact) mass is 1010 g/mol. The average molecular weight is 1010 g/mol. The Morgan fingerprint density at radius 1 is 0.357 bits per heavy atom. The zero-order valence-electron chi connectivity index (χ0n) is 33.8. The van der Waals surface area contributed by atoms with Crippen LogP contribution in [0, 0.1) is 116 Å². The summed E-state index contributed by atoms with van der Waals surface area (Å²) in [7, 11) is 0. The Morgan fingerprint density at radius 2 is 0.671 bits per heavy atom. The molecule has 0 saturated heterocycles. The van der Waals surface area contributed by atoms with E-state index < -0.39 is 144 Å². The van der Waals surface area contributed by atoms with Gasteiger partial charge in [0.1, 0.15) is 64.2 Å². The van der Waals surface area contributed by atoms with E-state index in [1.54, 1.807) is 24.3 Å². The van der Waals surface area contributed by atoms with Crippen molar-refractivity contribution in [3.8, 4) is 17.4 Å². The van der Waals surface area contributed by atoms with Gasteiger partial charge in [0, 0.05) is 11.6 Å². The Kier molecular flexibility index (Phi) is 13.6. The number of nitrogens with zero attached hydrogens (tertiary/aromatic N) is 1. The van der Waals surface area contributed by atoms with E-state index in [0.717, 1.165) is 23.2 Å². The van der Waals surface area contributed by atoms with Crippen LogP contribution in [-0.4, -0.2) is 11.3 Å². The third kappa shape index (κ3) is 8.02. The number of aromatic nitrogens is 1. The molecular weight excluding hydrogens is 989 g/mol. The molecule has 362 valence electrons. The van der Waals surface area contributed by atoms with Crippen molar-refractivity contribution in [2.75, 3.05) is 0 Å². The first-order chi connectivity index (χ1) is 33.0. The standard InChI is InChI=1S/C24BF20.C22H17NO2/c26-5-1(6(27)14(35)21(42)13(5)34)25(2-7(28)15(36)22(43)16(37)8(2)29,3-9(30)17(38)23(44)18(39)10(3)31)4-11(32)19(40)24(45)20(41)12(4)33;24-19-10-12-20(13-11-19)25-22-21-9-5-4-8-18(21)14-15-23(22)16-17-6-2-1-3-7-17/h;1-15H,16H2/q-1;/p+1. The van der Waals surface area contributed by atoms with Gasteiger partial charge in [-0.3, -0.25) is 0 Å². The molecule has 70 heavy (non-hydrogen) atoms. The van der Waals surface area contributed by atoms with E-state index in [0.29, 0.717) is 5.75 Å². The average Bonchev–Trinajstić information content (AvgIpc) is 3.35. The molecule has 1 N–H and O–H groups in total. The highest BCUT2D eigenvalue weighted by atomic mass is 19.2. The molecule has 0 aliphatic carbocycles. The molecule has 1 aromatic heterocycles.